The second kappa shape index (κ2) is 5.26. The van der Waals surface area contributed by atoms with E-state index >= 15 is 0 Å². The molecule has 7 heteroatoms. The van der Waals surface area contributed by atoms with Gasteiger partial charge in [0.2, 0.25) is 0 Å². The maximum absolute atomic E-state index is 11.1. The Morgan fingerprint density at radius 1 is 1.53 bits per heavy atom. The first-order chi connectivity index (χ1) is 8.90. The molecule has 104 valence electrons. The Bertz CT molecular complexity index is 492. The first kappa shape index (κ1) is 14.0. The van der Waals surface area contributed by atoms with Crippen LogP contribution in [0.3, 0.4) is 0 Å². The Morgan fingerprint density at radius 2 is 2.16 bits per heavy atom. The van der Waals surface area contributed by atoms with E-state index in [9.17, 15) is 14.9 Å². The molecule has 1 aliphatic heterocycles. The third-order valence-corrected chi connectivity index (χ3v) is 4.70. The fraction of sp³-hybridized carbons (Fsp3) is 0.583. The SMILES string of the molecule is CC1(C(=O)O)CCN(Cc2ccc([N+](=O)[O-])s2)CC1. The quantitative estimate of drug-likeness (QED) is 0.677. The summed E-state index contributed by atoms with van der Waals surface area (Å²) in [7, 11) is 0. The van der Waals surface area contributed by atoms with E-state index in [0.29, 0.717) is 32.5 Å². The number of carboxylic acids is 1. The molecule has 0 amide bonds. The van der Waals surface area contributed by atoms with Crippen LogP contribution in [0, 0.1) is 15.5 Å². The van der Waals surface area contributed by atoms with Crippen molar-refractivity contribution in [2.24, 2.45) is 5.41 Å². The Morgan fingerprint density at radius 3 is 2.63 bits per heavy atom. The zero-order chi connectivity index (χ0) is 14.0. The molecular formula is C12H16N2O4S. The molecule has 0 aliphatic carbocycles. The minimum absolute atomic E-state index is 0.155. The third kappa shape index (κ3) is 3.10. The highest BCUT2D eigenvalue weighted by Gasteiger charge is 2.36. The zero-order valence-electron chi connectivity index (χ0n) is 10.7. The first-order valence-corrected chi connectivity index (χ1v) is 6.91. The second-order valence-corrected chi connectivity index (χ2v) is 6.29. The van der Waals surface area contributed by atoms with Crippen molar-refractivity contribution in [2.75, 3.05) is 13.1 Å². The molecule has 0 atom stereocenters. The monoisotopic (exact) mass is 284 g/mol. The summed E-state index contributed by atoms with van der Waals surface area (Å²) >= 11 is 1.18. The van der Waals surface area contributed by atoms with Crippen LogP contribution in [0.1, 0.15) is 24.6 Å². The summed E-state index contributed by atoms with van der Waals surface area (Å²) < 4.78 is 0. The highest BCUT2D eigenvalue weighted by Crippen LogP contribution is 2.32. The van der Waals surface area contributed by atoms with Crippen LogP contribution in [0.15, 0.2) is 12.1 Å². The molecule has 2 rings (SSSR count). The predicted molar refractivity (Wildman–Crippen MR) is 71.2 cm³/mol. The summed E-state index contributed by atoms with van der Waals surface area (Å²) in [6.07, 6.45) is 1.24. The fourth-order valence-corrected chi connectivity index (χ4v) is 3.05. The van der Waals surface area contributed by atoms with Crippen molar-refractivity contribution in [3.63, 3.8) is 0 Å². The minimum Gasteiger partial charge on any atom is -0.481 e. The van der Waals surface area contributed by atoms with Gasteiger partial charge in [0.05, 0.1) is 10.3 Å². The van der Waals surface area contributed by atoms with Crippen molar-refractivity contribution in [1.29, 1.82) is 0 Å². The molecule has 1 fully saturated rings. The summed E-state index contributed by atoms with van der Waals surface area (Å²) in [5, 5.41) is 19.9. The number of thiophene rings is 1. The van der Waals surface area contributed by atoms with E-state index in [4.69, 9.17) is 5.11 Å². The lowest BCUT2D eigenvalue weighted by Crippen LogP contribution is -2.42. The lowest BCUT2D eigenvalue weighted by atomic mass is 9.80. The lowest BCUT2D eigenvalue weighted by molar-refractivity contribution is -0.380. The molecule has 0 aromatic carbocycles. The Hall–Kier alpha value is -1.47. The van der Waals surface area contributed by atoms with Crippen LogP contribution in [0.4, 0.5) is 5.00 Å². The predicted octanol–water partition coefficient (Wildman–Crippen LogP) is 2.34. The fourth-order valence-electron chi connectivity index (χ4n) is 2.19. The first-order valence-electron chi connectivity index (χ1n) is 6.09. The molecule has 0 radical (unpaired) electrons. The van der Waals surface area contributed by atoms with Crippen molar-refractivity contribution in [1.82, 2.24) is 4.90 Å². The number of piperidine rings is 1. The minimum atomic E-state index is -0.737. The molecule has 1 aliphatic rings. The van der Waals surface area contributed by atoms with Gasteiger partial charge in [0.25, 0.3) is 0 Å². The molecule has 0 saturated carbocycles. The zero-order valence-corrected chi connectivity index (χ0v) is 11.5. The average Bonchev–Trinajstić information content (AvgIpc) is 2.81. The van der Waals surface area contributed by atoms with E-state index in [1.54, 1.807) is 13.0 Å². The molecule has 2 heterocycles. The van der Waals surface area contributed by atoms with Crippen molar-refractivity contribution < 1.29 is 14.8 Å². The molecular weight excluding hydrogens is 268 g/mol. The number of carbonyl (C=O) groups is 1. The Kier molecular flexibility index (Phi) is 3.86. The Labute approximate surface area is 114 Å². The summed E-state index contributed by atoms with van der Waals surface area (Å²) in [6.45, 7) is 3.87. The van der Waals surface area contributed by atoms with E-state index < -0.39 is 11.4 Å². The van der Waals surface area contributed by atoms with Gasteiger partial charge in [-0.3, -0.25) is 19.8 Å². The van der Waals surface area contributed by atoms with E-state index in [2.05, 4.69) is 4.90 Å². The van der Waals surface area contributed by atoms with Gasteiger partial charge in [-0.2, -0.15) is 0 Å². The number of nitrogens with zero attached hydrogens (tertiary/aromatic N) is 2. The van der Waals surface area contributed by atoms with Gasteiger partial charge in [-0.1, -0.05) is 11.3 Å². The largest absolute Gasteiger partial charge is 0.481 e. The molecule has 0 bridgehead atoms. The van der Waals surface area contributed by atoms with Crippen molar-refractivity contribution in [3.05, 3.63) is 27.1 Å². The summed E-state index contributed by atoms with van der Waals surface area (Å²) in [6, 6.07) is 3.29. The topological polar surface area (TPSA) is 83.7 Å². The standard InChI is InChI=1S/C12H16N2O4S/c1-12(11(15)16)4-6-13(7-5-12)8-9-2-3-10(19-9)14(17)18/h2-3H,4-8H2,1H3,(H,15,16). The molecule has 1 aromatic heterocycles. The summed E-state index contributed by atoms with van der Waals surface area (Å²) in [4.78, 5) is 24.5. The molecule has 1 saturated heterocycles. The van der Waals surface area contributed by atoms with Gasteiger partial charge in [-0.15, -0.1) is 0 Å². The normalized spacial score (nSPS) is 19.2. The van der Waals surface area contributed by atoms with Crippen LogP contribution >= 0.6 is 11.3 Å². The molecule has 0 spiro atoms. The second-order valence-electron chi connectivity index (χ2n) is 5.14. The number of carboxylic acid groups (broad SMARTS) is 1. The number of likely N-dealkylation sites (tertiary alicyclic amines) is 1. The third-order valence-electron chi connectivity index (χ3n) is 3.68. The van der Waals surface area contributed by atoms with Crippen LogP contribution in [-0.4, -0.2) is 34.0 Å². The number of aliphatic carboxylic acids is 1. The van der Waals surface area contributed by atoms with Crippen LogP contribution in [0.5, 0.6) is 0 Å². The Balaban J connectivity index is 1.92. The maximum Gasteiger partial charge on any atom is 0.324 e. The number of hydrogen-bond donors (Lipinski definition) is 1. The van der Waals surface area contributed by atoms with Crippen LogP contribution in [0.2, 0.25) is 0 Å². The molecule has 0 unspecified atom stereocenters. The van der Waals surface area contributed by atoms with Gasteiger partial charge < -0.3 is 5.11 Å². The van der Waals surface area contributed by atoms with E-state index in [-0.39, 0.29) is 9.92 Å². The highest BCUT2D eigenvalue weighted by atomic mass is 32.1. The van der Waals surface area contributed by atoms with Gasteiger partial charge in [0.15, 0.2) is 0 Å². The van der Waals surface area contributed by atoms with Crippen molar-refractivity contribution in [2.45, 2.75) is 26.3 Å². The van der Waals surface area contributed by atoms with Crippen LogP contribution in [0.25, 0.3) is 0 Å². The van der Waals surface area contributed by atoms with E-state index in [1.165, 1.54) is 17.4 Å². The molecule has 1 N–H and O–H groups in total. The van der Waals surface area contributed by atoms with E-state index in [1.807, 2.05) is 0 Å². The highest BCUT2D eigenvalue weighted by molar-refractivity contribution is 7.15. The summed E-state index contributed by atoms with van der Waals surface area (Å²) in [5.41, 5.74) is -0.627. The molecule has 19 heavy (non-hydrogen) atoms. The van der Waals surface area contributed by atoms with Gasteiger partial charge in [-0.25, -0.2) is 0 Å². The number of nitro groups is 1. The van der Waals surface area contributed by atoms with Crippen LogP contribution in [-0.2, 0) is 11.3 Å². The average molecular weight is 284 g/mol. The molecule has 6 nitrogen and oxygen atoms in total. The summed E-state index contributed by atoms with van der Waals surface area (Å²) in [5.74, 6) is -0.737. The van der Waals surface area contributed by atoms with Crippen LogP contribution < -0.4 is 0 Å². The smallest absolute Gasteiger partial charge is 0.324 e. The van der Waals surface area contributed by atoms with Crippen molar-refractivity contribution >= 4 is 22.3 Å². The van der Waals surface area contributed by atoms with Gasteiger partial charge >= 0.3 is 11.0 Å². The molecule has 1 aromatic rings. The number of rotatable bonds is 4. The number of hydrogen-bond acceptors (Lipinski definition) is 5. The van der Waals surface area contributed by atoms with Crippen molar-refractivity contribution in [3.8, 4) is 0 Å². The van der Waals surface area contributed by atoms with Gasteiger partial charge in [0, 0.05) is 17.5 Å². The van der Waals surface area contributed by atoms with E-state index in [0.717, 1.165) is 4.88 Å². The lowest BCUT2D eigenvalue weighted by Gasteiger charge is -2.36. The van der Waals surface area contributed by atoms with Gasteiger partial charge in [-0.05, 0) is 38.9 Å². The maximum atomic E-state index is 11.1. The van der Waals surface area contributed by atoms with Gasteiger partial charge in [0.1, 0.15) is 0 Å².